The molecule has 16 heavy (non-hydrogen) atoms. The predicted molar refractivity (Wildman–Crippen MR) is 66.9 cm³/mol. The van der Waals surface area contributed by atoms with Crippen molar-refractivity contribution in [3.8, 4) is 0 Å². The molecule has 2 atom stereocenters. The highest BCUT2D eigenvalue weighted by Gasteiger charge is 2.45. The first-order valence-corrected chi connectivity index (χ1v) is 6.46. The van der Waals surface area contributed by atoms with Crippen molar-refractivity contribution in [3.05, 3.63) is 0 Å². The number of amides is 1. The van der Waals surface area contributed by atoms with Crippen LogP contribution in [0.3, 0.4) is 0 Å². The maximum absolute atomic E-state index is 11.8. The fourth-order valence-electron chi connectivity index (χ4n) is 2.01. The molecule has 1 aliphatic rings. The van der Waals surface area contributed by atoms with Crippen molar-refractivity contribution in [3.63, 3.8) is 0 Å². The minimum absolute atomic E-state index is 0.0151. The van der Waals surface area contributed by atoms with Crippen LogP contribution in [0.15, 0.2) is 0 Å². The fraction of sp³-hybridized carbons (Fsp3) is 0.923. The Morgan fingerprint density at radius 1 is 1.38 bits per heavy atom. The Kier molecular flexibility index (Phi) is 4.36. The van der Waals surface area contributed by atoms with E-state index in [1.54, 1.807) is 0 Å². The van der Waals surface area contributed by atoms with E-state index in [2.05, 4.69) is 26.1 Å². The van der Waals surface area contributed by atoms with Gasteiger partial charge in [0.25, 0.3) is 0 Å². The first-order chi connectivity index (χ1) is 7.43. The zero-order valence-electron chi connectivity index (χ0n) is 11.0. The Hall–Kier alpha value is -0.570. The van der Waals surface area contributed by atoms with Gasteiger partial charge < -0.3 is 11.1 Å². The molecular weight excluding hydrogens is 200 g/mol. The van der Waals surface area contributed by atoms with Crippen molar-refractivity contribution in [2.24, 2.45) is 23.0 Å². The van der Waals surface area contributed by atoms with E-state index < -0.39 is 0 Å². The second kappa shape index (κ2) is 5.17. The Labute approximate surface area is 99.2 Å². The molecule has 0 radical (unpaired) electrons. The first kappa shape index (κ1) is 13.5. The molecule has 0 aromatic rings. The summed E-state index contributed by atoms with van der Waals surface area (Å²) in [6.45, 7) is 9.35. The molecule has 1 saturated carbocycles. The number of hydrogen-bond acceptors (Lipinski definition) is 2. The van der Waals surface area contributed by atoms with Crippen LogP contribution < -0.4 is 11.1 Å². The summed E-state index contributed by atoms with van der Waals surface area (Å²) in [5, 5.41) is 3.02. The summed E-state index contributed by atoms with van der Waals surface area (Å²) < 4.78 is 0. The van der Waals surface area contributed by atoms with E-state index in [9.17, 15) is 4.79 Å². The van der Waals surface area contributed by atoms with Crippen LogP contribution in [0, 0.1) is 17.3 Å². The Morgan fingerprint density at radius 2 is 1.94 bits per heavy atom. The molecule has 1 aliphatic carbocycles. The maximum Gasteiger partial charge on any atom is 0.237 e. The van der Waals surface area contributed by atoms with Gasteiger partial charge in [-0.2, -0.15) is 0 Å². The van der Waals surface area contributed by atoms with E-state index in [0.29, 0.717) is 11.3 Å². The molecule has 2 unspecified atom stereocenters. The molecule has 0 aromatic carbocycles. The van der Waals surface area contributed by atoms with Crippen LogP contribution >= 0.6 is 0 Å². The average molecular weight is 226 g/mol. The minimum atomic E-state index is -0.354. The summed E-state index contributed by atoms with van der Waals surface area (Å²) >= 11 is 0. The third-order valence-electron chi connectivity index (χ3n) is 4.29. The van der Waals surface area contributed by atoms with Crippen LogP contribution in [-0.4, -0.2) is 18.5 Å². The zero-order valence-corrected chi connectivity index (χ0v) is 11.0. The minimum Gasteiger partial charge on any atom is -0.354 e. The first-order valence-electron chi connectivity index (χ1n) is 6.46. The fourth-order valence-corrected chi connectivity index (χ4v) is 2.01. The van der Waals surface area contributed by atoms with Gasteiger partial charge in [0.05, 0.1) is 6.04 Å². The quantitative estimate of drug-likeness (QED) is 0.727. The molecule has 1 amide bonds. The van der Waals surface area contributed by atoms with Gasteiger partial charge in [-0.1, -0.05) is 34.1 Å². The van der Waals surface area contributed by atoms with E-state index in [4.69, 9.17) is 5.73 Å². The van der Waals surface area contributed by atoms with Crippen LogP contribution in [0.5, 0.6) is 0 Å². The summed E-state index contributed by atoms with van der Waals surface area (Å²) in [4.78, 5) is 11.8. The van der Waals surface area contributed by atoms with E-state index in [0.717, 1.165) is 13.0 Å². The monoisotopic (exact) mass is 226 g/mol. The smallest absolute Gasteiger partial charge is 0.237 e. The van der Waals surface area contributed by atoms with Gasteiger partial charge in [0.2, 0.25) is 5.91 Å². The Balaban J connectivity index is 2.36. The van der Waals surface area contributed by atoms with Gasteiger partial charge in [-0.05, 0) is 30.1 Å². The number of nitrogens with one attached hydrogen (secondary N) is 1. The standard InChI is InChI=1S/C13H26N2O/c1-5-10(4)11(14)12(16)15-8-13(6-7-13)9(2)3/h9-11H,5-8,14H2,1-4H3,(H,15,16). The van der Waals surface area contributed by atoms with Gasteiger partial charge in [0.15, 0.2) is 0 Å². The van der Waals surface area contributed by atoms with Crippen LogP contribution in [0.1, 0.15) is 47.0 Å². The lowest BCUT2D eigenvalue weighted by Crippen LogP contribution is -2.46. The van der Waals surface area contributed by atoms with Crippen LogP contribution in [0.4, 0.5) is 0 Å². The lowest BCUT2D eigenvalue weighted by Gasteiger charge is -2.23. The van der Waals surface area contributed by atoms with Gasteiger partial charge >= 0.3 is 0 Å². The second-order valence-corrected chi connectivity index (χ2v) is 5.65. The summed E-state index contributed by atoms with van der Waals surface area (Å²) in [7, 11) is 0. The number of carbonyl (C=O) groups is 1. The third kappa shape index (κ3) is 2.97. The normalized spacial score (nSPS) is 21.6. The van der Waals surface area contributed by atoms with Gasteiger partial charge in [0.1, 0.15) is 0 Å². The number of nitrogens with two attached hydrogens (primary N) is 1. The molecule has 3 N–H and O–H groups in total. The van der Waals surface area contributed by atoms with E-state index >= 15 is 0 Å². The van der Waals surface area contributed by atoms with Crippen molar-refractivity contribution < 1.29 is 4.79 Å². The van der Waals surface area contributed by atoms with Crippen molar-refractivity contribution in [1.29, 1.82) is 0 Å². The van der Waals surface area contributed by atoms with Crippen LogP contribution in [0.2, 0.25) is 0 Å². The molecule has 1 fully saturated rings. The summed E-state index contributed by atoms with van der Waals surface area (Å²) in [5.74, 6) is 0.920. The highest BCUT2D eigenvalue weighted by atomic mass is 16.2. The molecule has 0 heterocycles. The average Bonchev–Trinajstić information content (AvgIpc) is 3.04. The molecule has 1 rings (SSSR count). The van der Waals surface area contributed by atoms with E-state index in [1.165, 1.54) is 12.8 Å². The molecule has 3 heteroatoms. The molecular formula is C13H26N2O. The SMILES string of the molecule is CCC(C)C(N)C(=O)NCC1(C(C)C)CC1. The highest BCUT2D eigenvalue weighted by molar-refractivity contribution is 5.81. The Morgan fingerprint density at radius 3 is 2.31 bits per heavy atom. The van der Waals surface area contributed by atoms with E-state index in [-0.39, 0.29) is 17.9 Å². The zero-order chi connectivity index (χ0) is 12.3. The molecule has 0 spiro atoms. The molecule has 0 bridgehead atoms. The predicted octanol–water partition coefficient (Wildman–Crippen LogP) is 1.91. The lowest BCUT2D eigenvalue weighted by molar-refractivity contribution is -0.123. The second-order valence-electron chi connectivity index (χ2n) is 5.65. The van der Waals surface area contributed by atoms with Crippen LogP contribution in [-0.2, 0) is 4.79 Å². The summed E-state index contributed by atoms with van der Waals surface area (Å²) in [6.07, 6.45) is 3.43. The summed E-state index contributed by atoms with van der Waals surface area (Å²) in [6, 6.07) is -0.354. The molecule has 0 aromatic heterocycles. The van der Waals surface area contributed by atoms with Crippen molar-refractivity contribution in [2.45, 2.75) is 53.0 Å². The maximum atomic E-state index is 11.8. The molecule has 94 valence electrons. The van der Waals surface area contributed by atoms with Gasteiger partial charge in [-0.25, -0.2) is 0 Å². The van der Waals surface area contributed by atoms with E-state index in [1.807, 2.05) is 6.92 Å². The largest absolute Gasteiger partial charge is 0.354 e. The van der Waals surface area contributed by atoms with Gasteiger partial charge in [-0.15, -0.1) is 0 Å². The lowest BCUT2D eigenvalue weighted by atomic mass is 9.92. The van der Waals surface area contributed by atoms with Crippen molar-refractivity contribution in [1.82, 2.24) is 5.32 Å². The van der Waals surface area contributed by atoms with Crippen molar-refractivity contribution >= 4 is 5.91 Å². The molecule has 3 nitrogen and oxygen atoms in total. The number of hydrogen-bond donors (Lipinski definition) is 2. The summed E-state index contributed by atoms with van der Waals surface area (Å²) in [5.41, 5.74) is 6.25. The number of carbonyl (C=O) groups excluding carboxylic acids is 1. The van der Waals surface area contributed by atoms with Gasteiger partial charge in [0, 0.05) is 6.54 Å². The van der Waals surface area contributed by atoms with Gasteiger partial charge in [-0.3, -0.25) is 4.79 Å². The molecule has 0 aliphatic heterocycles. The molecule has 0 saturated heterocycles. The van der Waals surface area contributed by atoms with Crippen LogP contribution in [0.25, 0.3) is 0 Å². The Bertz CT molecular complexity index is 246. The number of rotatable bonds is 6. The van der Waals surface area contributed by atoms with Crippen molar-refractivity contribution in [2.75, 3.05) is 6.54 Å². The third-order valence-corrected chi connectivity index (χ3v) is 4.29. The highest BCUT2D eigenvalue weighted by Crippen LogP contribution is 2.51. The topological polar surface area (TPSA) is 55.1 Å².